The SMILES string of the molecule is COc1ccccc1[C@H](C)N(C)C(=O)c1cc(COc2ccccc2)[nH]n1. The highest BCUT2D eigenvalue weighted by Crippen LogP contribution is 2.28. The number of carbonyl (C=O) groups excluding carboxylic acids is 1. The van der Waals surface area contributed by atoms with Crippen LogP contribution in [0.3, 0.4) is 0 Å². The maximum Gasteiger partial charge on any atom is 0.274 e. The molecule has 0 spiro atoms. The lowest BCUT2D eigenvalue weighted by Crippen LogP contribution is -2.30. The molecular formula is C21H23N3O3. The summed E-state index contributed by atoms with van der Waals surface area (Å²) in [5, 5.41) is 7.01. The molecule has 0 aliphatic heterocycles. The van der Waals surface area contributed by atoms with Gasteiger partial charge >= 0.3 is 0 Å². The van der Waals surface area contributed by atoms with E-state index in [9.17, 15) is 4.79 Å². The van der Waals surface area contributed by atoms with Crippen molar-refractivity contribution in [1.82, 2.24) is 15.1 Å². The predicted molar refractivity (Wildman–Crippen MR) is 103 cm³/mol. The van der Waals surface area contributed by atoms with Crippen LogP contribution in [0.15, 0.2) is 60.7 Å². The van der Waals surface area contributed by atoms with Gasteiger partial charge in [0, 0.05) is 12.6 Å². The van der Waals surface area contributed by atoms with E-state index in [1.54, 1.807) is 25.1 Å². The van der Waals surface area contributed by atoms with Crippen molar-refractivity contribution in [1.29, 1.82) is 0 Å². The Morgan fingerprint density at radius 2 is 1.85 bits per heavy atom. The van der Waals surface area contributed by atoms with Gasteiger partial charge < -0.3 is 14.4 Å². The zero-order valence-electron chi connectivity index (χ0n) is 15.7. The zero-order chi connectivity index (χ0) is 19.2. The molecule has 27 heavy (non-hydrogen) atoms. The lowest BCUT2D eigenvalue weighted by Gasteiger charge is -2.25. The number of rotatable bonds is 7. The molecule has 6 nitrogen and oxygen atoms in total. The van der Waals surface area contributed by atoms with Crippen LogP contribution in [0.2, 0.25) is 0 Å². The van der Waals surface area contributed by atoms with E-state index in [0.717, 1.165) is 22.8 Å². The van der Waals surface area contributed by atoms with Crippen molar-refractivity contribution in [2.75, 3.05) is 14.2 Å². The summed E-state index contributed by atoms with van der Waals surface area (Å²) in [6.45, 7) is 2.28. The molecule has 0 saturated carbocycles. The zero-order valence-corrected chi connectivity index (χ0v) is 15.7. The fraction of sp³-hybridized carbons (Fsp3) is 0.238. The van der Waals surface area contributed by atoms with Gasteiger partial charge in [-0.3, -0.25) is 9.89 Å². The van der Waals surface area contributed by atoms with Gasteiger partial charge in [0.1, 0.15) is 18.1 Å². The second-order valence-corrected chi connectivity index (χ2v) is 6.21. The van der Waals surface area contributed by atoms with Gasteiger partial charge in [0.15, 0.2) is 5.69 Å². The largest absolute Gasteiger partial charge is 0.496 e. The number of aromatic amines is 1. The van der Waals surface area contributed by atoms with Crippen molar-refractivity contribution in [3.05, 3.63) is 77.6 Å². The normalized spacial score (nSPS) is 11.7. The summed E-state index contributed by atoms with van der Waals surface area (Å²) in [7, 11) is 3.38. The summed E-state index contributed by atoms with van der Waals surface area (Å²) in [4.78, 5) is 14.5. The van der Waals surface area contributed by atoms with Crippen LogP contribution in [0.5, 0.6) is 11.5 Å². The van der Waals surface area contributed by atoms with Crippen LogP contribution in [0.25, 0.3) is 0 Å². The quantitative estimate of drug-likeness (QED) is 0.691. The molecule has 0 saturated heterocycles. The number of aromatic nitrogens is 2. The molecule has 1 heterocycles. The molecule has 2 aromatic carbocycles. The molecule has 3 rings (SSSR count). The van der Waals surface area contributed by atoms with Crippen molar-refractivity contribution in [2.45, 2.75) is 19.6 Å². The minimum Gasteiger partial charge on any atom is -0.496 e. The van der Waals surface area contributed by atoms with Crippen molar-refractivity contribution < 1.29 is 14.3 Å². The number of amides is 1. The van der Waals surface area contributed by atoms with Crippen molar-refractivity contribution in [3.63, 3.8) is 0 Å². The number of methoxy groups -OCH3 is 1. The fourth-order valence-corrected chi connectivity index (χ4v) is 2.80. The minimum atomic E-state index is -0.171. The average Bonchev–Trinajstić information content (AvgIpc) is 3.20. The number of carbonyl (C=O) groups is 1. The van der Waals surface area contributed by atoms with E-state index in [1.165, 1.54) is 0 Å². The van der Waals surface area contributed by atoms with E-state index >= 15 is 0 Å². The molecule has 140 valence electrons. The van der Waals surface area contributed by atoms with Crippen LogP contribution in [0, 0.1) is 0 Å². The van der Waals surface area contributed by atoms with Gasteiger partial charge in [-0.2, -0.15) is 5.10 Å². The molecule has 1 aromatic heterocycles. The number of nitrogens with one attached hydrogen (secondary N) is 1. The predicted octanol–water partition coefficient (Wildman–Crippen LogP) is 3.83. The molecule has 6 heteroatoms. The van der Waals surface area contributed by atoms with Crippen molar-refractivity contribution in [3.8, 4) is 11.5 Å². The molecule has 0 fully saturated rings. The van der Waals surface area contributed by atoms with E-state index in [4.69, 9.17) is 9.47 Å². The second-order valence-electron chi connectivity index (χ2n) is 6.21. The molecule has 0 unspecified atom stereocenters. The summed E-state index contributed by atoms with van der Waals surface area (Å²) >= 11 is 0. The van der Waals surface area contributed by atoms with Gasteiger partial charge in [-0.1, -0.05) is 36.4 Å². The number of para-hydroxylation sites is 2. The monoisotopic (exact) mass is 365 g/mol. The Kier molecular flexibility index (Phi) is 5.76. The third kappa shape index (κ3) is 4.28. The van der Waals surface area contributed by atoms with Gasteiger partial charge in [-0.25, -0.2) is 0 Å². The summed E-state index contributed by atoms with van der Waals surface area (Å²) in [5.74, 6) is 1.35. The Labute approximate surface area is 158 Å². The van der Waals surface area contributed by atoms with E-state index in [0.29, 0.717) is 12.3 Å². The third-order valence-electron chi connectivity index (χ3n) is 4.48. The highest BCUT2D eigenvalue weighted by molar-refractivity contribution is 5.92. The Bertz CT molecular complexity index is 892. The molecule has 0 radical (unpaired) electrons. The number of H-pyrrole nitrogens is 1. The molecular weight excluding hydrogens is 342 g/mol. The van der Waals surface area contributed by atoms with Crippen LogP contribution in [0.4, 0.5) is 0 Å². The van der Waals surface area contributed by atoms with Gasteiger partial charge in [-0.15, -0.1) is 0 Å². The van der Waals surface area contributed by atoms with Crippen molar-refractivity contribution >= 4 is 5.91 Å². The number of ether oxygens (including phenoxy) is 2. The summed E-state index contributed by atoms with van der Waals surface area (Å²) in [6, 6.07) is 18.7. The number of nitrogens with zero attached hydrogens (tertiary/aromatic N) is 2. The lowest BCUT2D eigenvalue weighted by molar-refractivity contribution is 0.0735. The Balaban J connectivity index is 1.67. The maximum absolute atomic E-state index is 12.8. The third-order valence-corrected chi connectivity index (χ3v) is 4.48. The second kappa shape index (κ2) is 8.40. The highest BCUT2D eigenvalue weighted by atomic mass is 16.5. The molecule has 1 atom stereocenters. The summed E-state index contributed by atoms with van der Waals surface area (Å²) in [5.41, 5.74) is 2.03. The summed E-state index contributed by atoms with van der Waals surface area (Å²) < 4.78 is 11.1. The molecule has 3 aromatic rings. The first-order valence-corrected chi connectivity index (χ1v) is 8.72. The van der Waals surface area contributed by atoms with E-state index in [1.807, 2.05) is 61.5 Å². The van der Waals surface area contributed by atoms with Gasteiger partial charge in [0.2, 0.25) is 0 Å². The smallest absolute Gasteiger partial charge is 0.274 e. The molecule has 0 bridgehead atoms. The van der Waals surface area contributed by atoms with Crippen molar-refractivity contribution in [2.24, 2.45) is 0 Å². The standard InChI is InChI=1S/C21H23N3O3/c1-15(18-11-7-8-12-20(18)26-3)24(2)21(25)19-13-16(22-23-19)14-27-17-9-5-4-6-10-17/h4-13,15H,14H2,1-3H3,(H,22,23)/t15-/m0/s1. The van der Waals surface area contributed by atoms with Gasteiger partial charge in [0.05, 0.1) is 18.8 Å². The molecule has 1 amide bonds. The number of benzene rings is 2. The topological polar surface area (TPSA) is 67.4 Å². The van der Waals surface area contributed by atoms with E-state index in [-0.39, 0.29) is 11.9 Å². The Morgan fingerprint density at radius 3 is 2.59 bits per heavy atom. The summed E-state index contributed by atoms with van der Waals surface area (Å²) in [6.07, 6.45) is 0. The molecule has 0 aliphatic rings. The first kappa shape index (κ1) is 18.5. The van der Waals surface area contributed by atoms with Crippen LogP contribution >= 0.6 is 0 Å². The number of hydrogen-bond acceptors (Lipinski definition) is 4. The number of hydrogen-bond donors (Lipinski definition) is 1. The molecule has 1 N–H and O–H groups in total. The lowest BCUT2D eigenvalue weighted by atomic mass is 10.1. The first-order valence-electron chi connectivity index (χ1n) is 8.72. The van der Waals surface area contributed by atoms with Gasteiger partial charge in [-0.05, 0) is 31.2 Å². The average molecular weight is 365 g/mol. The van der Waals surface area contributed by atoms with Crippen LogP contribution in [-0.4, -0.2) is 35.2 Å². The molecule has 0 aliphatic carbocycles. The van der Waals surface area contributed by atoms with Gasteiger partial charge in [0.25, 0.3) is 5.91 Å². The Hall–Kier alpha value is -3.28. The minimum absolute atomic E-state index is 0.158. The van der Waals surface area contributed by atoms with Crippen LogP contribution in [-0.2, 0) is 6.61 Å². The maximum atomic E-state index is 12.8. The van der Waals surface area contributed by atoms with E-state index in [2.05, 4.69) is 10.2 Å². The Morgan fingerprint density at radius 1 is 1.15 bits per heavy atom. The van der Waals surface area contributed by atoms with E-state index < -0.39 is 0 Å². The fourth-order valence-electron chi connectivity index (χ4n) is 2.80. The highest BCUT2D eigenvalue weighted by Gasteiger charge is 2.23. The van der Waals surface area contributed by atoms with Crippen LogP contribution in [0.1, 0.15) is 34.7 Å². The first-order chi connectivity index (χ1) is 13.1. The van der Waals surface area contributed by atoms with Crippen LogP contribution < -0.4 is 9.47 Å².